The molecule has 0 bridgehead atoms. The van der Waals surface area contributed by atoms with Crippen molar-refractivity contribution in [2.45, 2.75) is 39.0 Å². The Bertz CT molecular complexity index is 1260. The van der Waals surface area contributed by atoms with E-state index in [2.05, 4.69) is 11.8 Å². The number of hydrogen-bond acceptors (Lipinski definition) is 5. The highest BCUT2D eigenvalue weighted by Crippen LogP contribution is 2.47. The van der Waals surface area contributed by atoms with E-state index in [-0.39, 0.29) is 30.3 Å². The molecule has 6 heteroatoms. The molecule has 2 heterocycles. The largest absolute Gasteiger partial charge is 0.508 e. The number of halogens is 1. The van der Waals surface area contributed by atoms with Gasteiger partial charge in [-0.3, -0.25) is 9.29 Å². The van der Waals surface area contributed by atoms with Crippen LogP contribution in [0.15, 0.2) is 66.7 Å². The quantitative estimate of drug-likeness (QED) is 0.393. The fourth-order valence-corrected chi connectivity index (χ4v) is 5.26. The third kappa shape index (κ3) is 4.78. The highest BCUT2D eigenvalue weighted by atomic mass is 19.1. The van der Waals surface area contributed by atoms with Crippen molar-refractivity contribution in [1.82, 2.24) is 4.90 Å². The Morgan fingerprint density at radius 2 is 1.83 bits per heavy atom. The number of fused-ring (bicyclic) bond motifs is 1. The fraction of sp³-hybridized carbons (Fsp3) is 0.333. The van der Waals surface area contributed by atoms with E-state index in [0.717, 1.165) is 59.5 Å². The van der Waals surface area contributed by atoms with Crippen LogP contribution >= 0.6 is 0 Å². The summed E-state index contributed by atoms with van der Waals surface area (Å²) < 4.78 is 25.8. The molecule has 0 amide bonds. The standard InChI is InChI=1S/C30H32FNO4/c1-3-28(32-14-13-20(17-31)18-32)35-25-10-7-21(8-11-25)30-29(22-5-4-6-23(33)15-22)19(2)26-16-24(34)9-12-27(26)36-30/h4-12,15-16,20,28,30,33-34H,3,13-14,17-18H2,1-2H3/t20-,28-,30-/m0/s1. The number of phenols is 2. The number of alkyl halides is 1. The molecule has 2 N–H and O–H groups in total. The van der Waals surface area contributed by atoms with Crippen LogP contribution in [0.3, 0.4) is 0 Å². The van der Waals surface area contributed by atoms with Crippen molar-refractivity contribution in [3.63, 3.8) is 0 Å². The number of benzene rings is 3. The van der Waals surface area contributed by atoms with Gasteiger partial charge < -0.3 is 19.7 Å². The van der Waals surface area contributed by atoms with Gasteiger partial charge in [-0.05, 0) is 78.9 Å². The predicted molar refractivity (Wildman–Crippen MR) is 139 cm³/mol. The van der Waals surface area contributed by atoms with Gasteiger partial charge in [-0.1, -0.05) is 31.2 Å². The number of rotatable bonds is 7. The lowest BCUT2D eigenvalue weighted by atomic mass is 9.86. The van der Waals surface area contributed by atoms with Gasteiger partial charge in [-0.25, -0.2) is 0 Å². The maximum atomic E-state index is 13.1. The molecular weight excluding hydrogens is 457 g/mol. The number of likely N-dealkylation sites (tertiary alicyclic amines) is 1. The lowest BCUT2D eigenvalue weighted by Gasteiger charge is -2.31. The van der Waals surface area contributed by atoms with Crippen molar-refractivity contribution in [2.24, 2.45) is 5.92 Å². The van der Waals surface area contributed by atoms with Gasteiger partial charge in [0.15, 0.2) is 6.23 Å². The van der Waals surface area contributed by atoms with Crippen LogP contribution in [0, 0.1) is 5.92 Å². The number of phenolic OH excluding ortho intramolecular Hbond substituents is 2. The Morgan fingerprint density at radius 1 is 1.06 bits per heavy atom. The monoisotopic (exact) mass is 489 g/mol. The molecule has 0 saturated carbocycles. The van der Waals surface area contributed by atoms with Crippen molar-refractivity contribution < 1.29 is 24.1 Å². The van der Waals surface area contributed by atoms with Crippen molar-refractivity contribution in [1.29, 1.82) is 0 Å². The van der Waals surface area contributed by atoms with Crippen molar-refractivity contribution >= 4 is 11.1 Å². The second-order valence-corrected chi connectivity index (χ2v) is 9.62. The topological polar surface area (TPSA) is 62.2 Å². The smallest absolute Gasteiger partial charge is 0.152 e. The SMILES string of the molecule is CC[C@H](Oc1ccc([C@@H]2Oc3ccc(O)cc3C(C)=C2c2cccc(O)c2)cc1)N1CC[C@@H](CF)C1. The summed E-state index contributed by atoms with van der Waals surface area (Å²) in [6.07, 6.45) is 1.21. The molecule has 0 radical (unpaired) electrons. The number of hydrogen-bond donors (Lipinski definition) is 2. The lowest BCUT2D eigenvalue weighted by Crippen LogP contribution is -2.37. The molecule has 3 aromatic carbocycles. The Hall–Kier alpha value is -3.51. The summed E-state index contributed by atoms with van der Waals surface area (Å²) in [4.78, 5) is 2.22. The zero-order chi connectivity index (χ0) is 25.2. The zero-order valence-electron chi connectivity index (χ0n) is 20.7. The van der Waals surface area contributed by atoms with Crippen molar-refractivity contribution in [2.75, 3.05) is 19.8 Å². The van der Waals surface area contributed by atoms with E-state index in [4.69, 9.17) is 9.47 Å². The van der Waals surface area contributed by atoms with E-state index in [9.17, 15) is 14.6 Å². The van der Waals surface area contributed by atoms with E-state index >= 15 is 0 Å². The third-order valence-corrected chi connectivity index (χ3v) is 7.18. The molecule has 0 aromatic heterocycles. The Labute approximate surface area is 211 Å². The van der Waals surface area contributed by atoms with Gasteiger partial charge in [-0.2, -0.15) is 0 Å². The minimum atomic E-state index is -0.399. The van der Waals surface area contributed by atoms with Crippen LogP contribution in [0.1, 0.15) is 49.5 Å². The van der Waals surface area contributed by atoms with Gasteiger partial charge in [0.2, 0.25) is 0 Å². The molecule has 36 heavy (non-hydrogen) atoms. The molecule has 5 nitrogen and oxygen atoms in total. The van der Waals surface area contributed by atoms with Crippen LogP contribution in [0.25, 0.3) is 11.1 Å². The highest BCUT2D eigenvalue weighted by molar-refractivity contribution is 5.95. The second-order valence-electron chi connectivity index (χ2n) is 9.62. The maximum Gasteiger partial charge on any atom is 0.152 e. The normalized spacial score (nSPS) is 20.6. The summed E-state index contributed by atoms with van der Waals surface area (Å²) >= 11 is 0. The van der Waals surface area contributed by atoms with Crippen LogP contribution in [0.4, 0.5) is 4.39 Å². The average molecular weight is 490 g/mol. The van der Waals surface area contributed by atoms with Crippen LogP contribution in [-0.2, 0) is 0 Å². The first-order valence-electron chi connectivity index (χ1n) is 12.5. The lowest BCUT2D eigenvalue weighted by molar-refractivity contribution is 0.0366. The minimum absolute atomic E-state index is 0.0807. The van der Waals surface area contributed by atoms with Crippen LogP contribution < -0.4 is 9.47 Å². The molecule has 0 unspecified atom stereocenters. The Balaban J connectivity index is 1.44. The summed E-state index contributed by atoms with van der Waals surface area (Å²) in [6, 6.07) is 20.2. The van der Waals surface area contributed by atoms with Gasteiger partial charge in [0.25, 0.3) is 0 Å². The number of aromatic hydroxyl groups is 2. The van der Waals surface area contributed by atoms with Crippen LogP contribution in [0.2, 0.25) is 0 Å². The van der Waals surface area contributed by atoms with Gasteiger partial charge in [-0.15, -0.1) is 0 Å². The number of ether oxygens (including phenoxy) is 2. The molecular formula is C30H32FNO4. The molecule has 5 rings (SSSR count). The van der Waals surface area contributed by atoms with Gasteiger partial charge >= 0.3 is 0 Å². The van der Waals surface area contributed by atoms with Gasteiger partial charge in [0.1, 0.15) is 29.1 Å². The van der Waals surface area contributed by atoms with Crippen molar-refractivity contribution in [3.8, 4) is 23.0 Å². The first-order chi connectivity index (χ1) is 17.5. The fourth-order valence-electron chi connectivity index (χ4n) is 5.26. The maximum absolute atomic E-state index is 13.1. The van der Waals surface area contributed by atoms with Gasteiger partial charge in [0, 0.05) is 30.1 Å². The molecule has 188 valence electrons. The Morgan fingerprint density at radius 3 is 2.53 bits per heavy atom. The number of allylic oxidation sites excluding steroid dienone is 1. The molecule has 2 aliphatic heterocycles. The Kier molecular flexibility index (Phi) is 6.88. The molecule has 2 aliphatic rings. The van der Waals surface area contributed by atoms with Crippen LogP contribution in [0.5, 0.6) is 23.0 Å². The first-order valence-corrected chi connectivity index (χ1v) is 12.5. The summed E-state index contributed by atoms with van der Waals surface area (Å²) in [5.74, 6) is 1.91. The summed E-state index contributed by atoms with van der Waals surface area (Å²) in [5.41, 5.74) is 4.54. The van der Waals surface area contributed by atoms with E-state index in [1.54, 1.807) is 30.3 Å². The summed E-state index contributed by atoms with van der Waals surface area (Å²) in [5, 5.41) is 20.2. The zero-order valence-corrected chi connectivity index (χ0v) is 20.7. The van der Waals surface area contributed by atoms with E-state index in [1.807, 2.05) is 43.3 Å². The van der Waals surface area contributed by atoms with Crippen molar-refractivity contribution in [3.05, 3.63) is 83.4 Å². The van der Waals surface area contributed by atoms with Crippen LogP contribution in [-0.4, -0.2) is 41.1 Å². The average Bonchev–Trinajstić information content (AvgIpc) is 3.37. The molecule has 1 fully saturated rings. The van der Waals surface area contributed by atoms with E-state index in [1.165, 1.54) is 0 Å². The molecule has 0 spiro atoms. The first kappa shape index (κ1) is 24.2. The molecule has 3 aromatic rings. The number of nitrogens with zero attached hydrogens (tertiary/aromatic N) is 1. The predicted octanol–water partition coefficient (Wildman–Crippen LogP) is 6.57. The summed E-state index contributed by atoms with van der Waals surface area (Å²) in [6.45, 7) is 5.40. The van der Waals surface area contributed by atoms with E-state index < -0.39 is 6.10 Å². The third-order valence-electron chi connectivity index (χ3n) is 7.18. The molecule has 0 aliphatic carbocycles. The van der Waals surface area contributed by atoms with Gasteiger partial charge in [0.05, 0.1) is 6.67 Å². The molecule has 1 saturated heterocycles. The highest BCUT2D eigenvalue weighted by Gasteiger charge is 2.31. The summed E-state index contributed by atoms with van der Waals surface area (Å²) in [7, 11) is 0. The minimum Gasteiger partial charge on any atom is -0.508 e. The van der Waals surface area contributed by atoms with E-state index in [0.29, 0.717) is 5.75 Å². The second kappa shape index (κ2) is 10.2. The molecule has 3 atom stereocenters.